The van der Waals surface area contributed by atoms with Gasteiger partial charge in [0.1, 0.15) is 6.10 Å². The Bertz CT molecular complexity index is 403. The molecule has 2 nitrogen and oxygen atoms in total. The molecule has 0 heterocycles. The predicted molar refractivity (Wildman–Crippen MR) is 55.3 cm³/mol. The first-order valence-electron chi connectivity index (χ1n) is 5.40. The highest BCUT2D eigenvalue weighted by molar-refractivity contribution is 5.34. The second kappa shape index (κ2) is 4.31. The molecule has 1 aliphatic rings. The molecule has 0 aliphatic heterocycles. The van der Waals surface area contributed by atoms with Crippen molar-refractivity contribution in [3.63, 3.8) is 0 Å². The number of hydrogen-bond donors (Lipinski definition) is 2. The minimum atomic E-state index is -4.62. The molecule has 0 aromatic heterocycles. The van der Waals surface area contributed by atoms with Gasteiger partial charge in [-0.3, -0.25) is 0 Å². The summed E-state index contributed by atoms with van der Waals surface area (Å²) in [5, 5.41) is 18.9. The van der Waals surface area contributed by atoms with Gasteiger partial charge in [0.2, 0.25) is 0 Å². The minimum absolute atomic E-state index is 0.379. The van der Waals surface area contributed by atoms with E-state index in [0.29, 0.717) is 12.0 Å². The summed E-state index contributed by atoms with van der Waals surface area (Å²) in [4.78, 5) is 0. The molecule has 94 valence electrons. The molecule has 0 spiro atoms. The average molecular weight is 246 g/mol. The van der Waals surface area contributed by atoms with Crippen LogP contribution in [0.15, 0.2) is 24.3 Å². The number of halogens is 3. The van der Waals surface area contributed by atoms with E-state index >= 15 is 0 Å². The molecule has 0 amide bonds. The van der Waals surface area contributed by atoms with Gasteiger partial charge in [-0.05, 0) is 29.9 Å². The largest absolute Gasteiger partial charge is 0.414 e. The van der Waals surface area contributed by atoms with Gasteiger partial charge in [-0.15, -0.1) is 0 Å². The molecule has 17 heavy (non-hydrogen) atoms. The van der Waals surface area contributed by atoms with E-state index in [1.807, 2.05) is 0 Å². The Hall–Kier alpha value is -1.07. The van der Waals surface area contributed by atoms with Crippen molar-refractivity contribution in [3.05, 3.63) is 35.4 Å². The van der Waals surface area contributed by atoms with Gasteiger partial charge in [-0.25, -0.2) is 0 Å². The summed E-state index contributed by atoms with van der Waals surface area (Å²) < 4.78 is 36.7. The fourth-order valence-corrected chi connectivity index (χ4v) is 2.29. The Morgan fingerprint density at radius 1 is 1.29 bits per heavy atom. The maximum atomic E-state index is 12.2. The van der Waals surface area contributed by atoms with Gasteiger partial charge in [-0.2, -0.15) is 13.2 Å². The Kier molecular flexibility index (Phi) is 3.14. The van der Waals surface area contributed by atoms with Crippen molar-refractivity contribution >= 4 is 0 Å². The summed E-state index contributed by atoms with van der Waals surface area (Å²) in [6.45, 7) is 0. The van der Waals surface area contributed by atoms with Gasteiger partial charge >= 0.3 is 6.18 Å². The third-order valence-electron chi connectivity index (χ3n) is 3.21. The Labute approximate surface area is 96.7 Å². The summed E-state index contributed by atoms with van der Waals surface area (Å²) in [5.74, 6) is -0.566. The number of alkyl halides is 3. The Morgan fingerprint density at radius 3 is 2.53 bits per heavy atom. The van der Waals surface area contributed by atoms with Gasteiger partial charge in [0, 0.05) is 0 Å². The van der Waals surface area contributed by atoms with Crippen LogP contribution in [0.3, 0.4) is 0 Å². The lowest BCUT2D eigenvalue weighted by Gasteiger charge is -2.20. The summed E-state index contributed by atoms with van der Waals surface area (Å²) in [7, 11) is 0. The quantitative estimate of drug-likeness (QED) is 0.839. The zero-order valence-corrected chi connectivity index (χ0v) is 8.98. The molecule has 3 unspecified atom stereocenters. The van der Waals surface area contributed by atoms with Crippen molar-refractivity contribution in [3.8, 4) is 0 Å². The van der Waals surface area contributed by atoms with Crippen molar-refractivity contribution in [2.45, 2.75) is 31.2 Å². The lowest BCUT2D eigenvalue weighted by atomic mass is 9.96. The first-order chi connectivity index (χ1) is 7.89. The van der Waals surface area contributed by atoms with Crippen LogP contribution in [0.2, 0.25) is 0 Å². The summed E-state index contributed by atoms with van der Waals surface area (Å²) >= 11 is 0. The van der Waals surface area contributed by atoms with Crippen LogP contribution in [0, 0.1) is 5.92 Å². The summed E-state index contributed by atoms with van der Waals surface area (Å²) in [6.07, 6.45) is -7.97. The normalized spacial score (nSPS) is 25.7. The van der Waals surface area contributed by atoms with E-state index in [4.69, 9.17) is 5.11 Å². The molecule has 1 aromatic rings. The average Bonchev–Trinajstić information content (AvgIpc) is 2.55. The molecular weight excluding hydrogens is 233 g/mol. The number of aliphatic hydroxyl groups is 2. The molecule has 2 rings (SSSR count). The lowest BCUT2D eigenvalue weighted by Crippen LogP contribution is -2.31. The van der Waals surface area contributed by atoms with Crippen LogP contribution in [0.25, 0.3) is 0 Å². The second-order valence-electron chi connectivity index (χ2n) is 4.40. The Balaban J connectivity index is 2.08. The molecule has 0 saturated carbocycles. The maximum absolute atomic E-state index is 12.2. The third kappa shape index (κ3) is 2.45. The molecule has 5 heteroatoms. The first kappa shape index (κ1) is 12.4. The van der Waals surface area contributed by atoms with Gasteiger partial charge in [0.05, 0.1) is 6.10 Å². The van der Waals surface area contributed by atoms with E-state index in [-0.39, 0.29) is 0 Å². The highest BCUT2D eigenvalue weighted by Gasteiger charge is 2.42. The fraction of sp³-hybridized carbons (Fsp3) is 0.500. The zero-order valence-electron chi connectivity index (χ0n) is 8.98. The predicted octanol–water partition coefficient (Wildman–Crippen LogP) is 2.21. The molecule has 2 N–H and O–H groups in total. The first-order valence-corrected chi connectivity index (χ1v) is 5.40. The van der Waals surface area contributed by atoms with Crippen LogP contribution in [0.5, 0.6) is 0 Å². The lowest BCUT2D eigenvalue weighted by molar-refractivity contribution is -0.210. The van der Waals surface area contributed by atoms with E-state index in [0.717, 1.165) is 5.56 Å². The van der Waals surface area contributed by atoms with E-state index in [1.165, 1.54) is 0 Å². The van der Waals surface area contributed by atoms with Crippen LogP contribution in [0.4, 0.5) is 13.2 Å². The molecular formula is C12H13F3O2. The number of aliphatic hydroxyl groups excluding tert-OH is 2. The highest BCUT2D eigenvalue weighted by atomic mass is 19.4. The second-order valence-corrected chi connectivity index (χ2v) is 4.40. The van der Waals surface area contributed by atoms with E-state index in [9.17, 15) is 18.3 Å². The van der Waals surface area contributed by atoms with Crippen molar-refractivity contribution in [2.24, 2.45) is 5.92 Å². The minimum Gasteiger partial charge on any atom is -0.388 e. The van der Waals surface area contributed by atoms with Crippen LogP contribution < -0.4 is 0 Å². The molecule has 0 radical (unpaired) electrons. The third-order valence-corrected chi connectivity index (χ3v) is 3.21. The SMILES string of the molecule is OC1c2ccccc2CC1CC(O)C(F)(F)F. The topological polar surface area (TPSA) is 40.5 Å². The van der Waals surface area contributed by atoms with Crippen molar-refractivity contribution in [1.29, 1.82) is 0 Å². The maximum Gasteiger partial charge on any atom is 0.414 e. The molecule has 1 aromatic carbocycles. The van der Waals surface area contributed by atoms with Crippen molar-refractivity contribution in [1.82, 2.24) is 0 Å². The van der Waals surface area contributed by atoms with E-state index in [1.54, 1.807) is 24.3 Å². The van der Waals surface area contributed by atoms with Crippen LogP contribution in [0.1, 0.15) is 23.7 Å². The number of rotatable bonds is 2. The summed E-state index contributed by atoms with van der Waals surface area (Å²) in [6, 6.07) is 7.03. The molecule has 0 bridgehead atoms. The smallest absolute Gasteiger partial charge is 0.388 e. The molecule has 3 atom stereocenters. The number of hydrogen-bond acceptors (Lipinski definition) is 2. The molecule has 0 saturated heterocycles. The molecule has 1 aliphatic carbocycles. The number of fused-ring (bicyclic) bond motifs is 1. The fourth-order valence-electron chi connectivity index (χ4n) is 2.29. The standard InChI is InChI=1S/C12H13F3O2/c13-12(14,15)10(16)6-8-5-7-3-1-2-4-9(7)11(8)17/h1-4,8,10-11,16-17H,5-6H2. The van der Waals surface area contributed by atoms with Crippen LogP contribution >= 0.6 is 0 Å². The summed E-state index contributed by atoms with van der Waals surface area (Å²) in [5.41, 5.74) is 1.53. The highest BCUT2D eigenvalue weighted by Crippen LogP contribution is 2.40. The number of benzene rings is 1. The van der Waals surface area contributed by atoms with Gasteiger partial charge in [0.15, 0.2) is 0 Å². The monoisotopic (exact) mass is 246 g/mol. The van der Waals surface area contributed by atoms with Gasteiger partial charge in [0.25, 0.3) is 0 Å². The van der Waals surface area contributed by atoms with Crippen molar-refractivity contribution < 1.29 is 23.4 Å². The zero-order chi connectivity index (χ0) is 12.6. The van der Waals surface area contributed by atoms with Crippen LogP contribution in [-0.4, -0.2) is 22.5 Å². The van der Waals surface area contributed by atoms with Crippen molar-refractivity contribution in [2.75, 3.05) is 0 Å². The molecule has 0 fully saturated rings. The van der Waals surface area contributed by atoms with Crippen LogP contribution in [-0.2, 0) is 6.42 Å². The van der Waals surface area contributed by atoms with Gasteiger partial charge < -0.3 is 10.2 Å². The van der Waals surface area contributed by atoms with Gasteiger partial charge in [-0.1, -0.05) is 24.3 Å². The van der Waals surface area contributed by atoms with E-state index < -0.39 is 30.7 Å². The van der Waals surface area contributed by atoms with E-state index in [2.05, 4.69) is 0 Å². The Morgan fingerprint density at radius 2 is 1.94 bits per heavy atom.